The summed E-state index contributed by atoms with van der Waals surface area (Å²) in [4.78, 5) is 0. The molecule has 4 heteroatoms. The van der Waals surface area contributed by atoms with Crippen molar-refractivity contribution in [1.82, 2.24) is 5.32 Å². The quantitative estimate of drug-likeness (QED) is 0.778. The third-order valence-electron chi connectivity index (χ3n) is 3.01. The number of rotatable bonds is 3. The van der Waals surface area contributed by atoms with Crippen molar-refractivity contribution in [2.45, 2.75) is 19.9 Å². The lowest BCUT2D eigenvalue weighted by Gasteiger charge is -2.17. The highest BCUT2D eigenvalue weighted by Gasteiger charge is 2.06. The molecule has 20 heavy (non-hydrogen) atoms. The lowest BCUT2D eigenvalue weighted by Crippen LogP contribution is -2.30. The molecule has 0 amide bonds. The summed E-state index contributed by atoms with van der Waals surface area (Å²) in [6, 6.07) is 16.6. The van der Waals surface area contributed by atoms with Crippen LogP contribution in [0.25, 0.3) is 0 Å². The van der Waals surface area contributed by atoms with Crippen LogP contribution in [-0.2, 0) is 0 Å². The van der Waals surface area contributed by atoms with Crippen molar-refractivity contribution >= 4 is 38.9 Å². The third kappa shape index (κ3) is 4.32. The molecule has 0 saturated heterocycles. The number of hydrogen-bond acceptors (Lipinski definition) is 1. The number of anilines is 1. The molecule has 0 unspecified atom stereocenters. The molecule has 0 aliphatic rings. The summed E-state index contributed by atoms with van der Waals surface area (Å²) in [6.07, 6.45) is 0. The van der Waals surface area contributed by atoms with Crippen LogP contribution in [0.2, 0.25) is 0 Å². The molecule has 2 aromatic carbocycles. The second-order valence-corrected chi connectivity index (χ2v) is 6.07. The van der Waals surface area contributed by atoms with Crippen molar-refractivity contribution in [1.29, 1.82) is 0 Å². The first kappa shape index (κ1) is 15.0. The minimum Gasteiger partial charge on any atom is -0.356 e. The van der Waals surface area contributed by atoms with E-state index in [0.29, 0.717) is 5.11 Å². The van der Waals surface area contributed by atoms with Crippen molar-refractivity contribution in [2.75, 3.05) is 5.32 Å². The lowest BCUT2D eigenvalue weighted by molar-refractivity contribution is 0.722. The zero-order valence-electron chi connectivity index (χ0n) is 11.5. The van der Waals surface area contributed by atoms with Crippen LogP contribution < -0.4 is 10.6 Å². The van der Waals surface area contributed by atoms with Gasteiger partial charge in [0.15, 0.2) is 5.11 Å². The number of aryl methyl sites for hydroxylation is 1. The van der Waals surface area contributed by atoms with Crippen molar-refractivity contribution < 1.29 is 0 Å². The Bertz CT molecular complexity index is 596. The van der Waals surface area contributed by atoms with Gasteiger partial charge in [-0.2, -0.15) is 0 Å². The molecule has 2 aromatic rings. The molecule has 2 nitrogen and oxygen atoms in total. The van der Waals surface area contributed by atoms with Crippen LogP contribution in [0.4, 0.5) is 5.69 Å². The molecule has 0 aliphatic heterocycles. The Balaban J connectivity index is 1.95. The predicted molar refractivity (Wildman–Crippen MR) is 93.1 cm³/mol. The van der Waals surface area contributed by atoms with E-state index in [-0.39, 0.29) is 6.04 Å². The number of halogens is 1. The van der Waals surface area contributed by atoms with Crippen LogP contribution >= 0.6 is 28.1 Å². The highest BCUT2D eigenvalue weighted by molar-refractivity contribution is 9.10. The standard InChI is InChI=1S/C16H17BrN2S/c1-11-6-8-13(9-7-11)12(2)18-16(20)19-15-5-3-4-14(17)10-15/h3-10,12H,1-2H3,(H2,18,19,20)/t12-/m0/s1. The minimum atomic E-state index is 0.169. The molecule has 104 valence electrons. The van der Waals surface area contributed by atoms with Gasteiger partial charge in [0, 0.05) is 10.2 Å². The molecule has 0 aliphatic carbocycles. The molecular formula is C16H17BrN2S. The van der Waals surface area contributed by atoms with Crippen LogP contribution in [-0.4, -0.2) is 5.11 Å². The predicted octanol–water partition coefficient (Wildman–Crippen LogP) is 4.81. The van der Waals surface area contributed by atoms with Crippen molar-refractivity contribution in [3.63, 3.8) is 0 Å². The normalized spacial score (nSPS) is 11.8. The molecule has 0 radical (unpaired) electrons. The maximum atomic E-state index is 5.34. The van der Waals surface area contributed by atoms with Crippen LogP contribution in [0, 0.1) is 6.92 Å². The van der Waals surface area contributed by atoms with E-state index >= 15 is 0 Å². The van der Waals surface area contributed by atoms with Gasteiger partial charge in [-0.15, -0.1) is 0 Å². The first-order chi connectivity index (χ1) is 9.54. The van der Waals surface area contributed by atoms with Crippen LogP contribution in [0.5, 0.6) is 0 Å². The number of benzene rings is 2. The van der Waals surface area contributed by atoms with Gasteiger partial charge in [0.25, 0.3) is 0 Å². The largest absolute Gasteiger partial charge is 0.356 e. The summed E-state index contributed by atoms with van der Waals surface area (Å²) in [7, 11) is 0. The van der Waals surface area contributed by atoms with Gasteiger partial charge in [0.2, 0.25) is 0 Å². The monoisotopic (exact) mass is 348 g/mol. The zero-order chi connectivity index (χ0) is 14.5. The van der Waals surface area contributed by atoms with Gasteiger partial charge in [0.05, 0.1) is 6.04 Å². The number of nitrogens with one attached hydrogen (secondary N) is 2. The maximum Gasteiger partial charge on any atom is 0.171 e. The Labute approximate surface area is 133 Å². The molecule has 0 bridgehead atoms. The lowest BCUT2D eigenvalue weighted by atomic mass is 10.1. The maximum absolute atomic E-state index is 5.34. The van der Waals surface area contributed by atoms with Gasteiger partial charge in [0.1, 0.15) is 0 Å². The summed E-state index contributed by atoms with van der Waals surface area (Å²) in [5, 5.41) is 7.10. The topological polar surface area (TPSA) is 24.1 Å². The highest BCUT2D eigenvalue weighted by atomic mass is 79.9. The number of hydrogen-bond donors (Lipinski definition) is 2. The Kier molecular flexibility index (Phi) is 5.15. The summed E-state index contributed by atoms with van der Waals surface area (Å²) in [5.74, 6) is 0. The van der Waals surface area contributed by atoms with E-state index in [1.54, 1.807) is 0 Å². The fourth-order valence-corrected chi connectivity index (χ4v) is 2.56. The Morgan fingerprint density at radius 2 is 1.85 bits per heavy atom. The Morgan fingerprint density at radius 1 is 1.15 bits per heavy atom. The molecule has 0 spiro atoms. The van der Waals surface area contributed by atoms with Crippen molar-refractivity contribution in [3.05, 3.63) is 64.1 Å². The second kappa shape index (κ2) is 6.86. The van der Waals surface area contributed by atoms with Gasteiger partial charge < -0.3 is 10.6 Å². The smallest absolute Gasteiger partial charge is 0.171 e. The molecule has 2 N–H and O–H groups in total. The average molecular weight is 349 g/mol. The van der Waals surface area contributed by atoms with Crippen LogP contribution in [0.1, 0.15) is 24.1 Å². The zero-order valence-corrected chi connectivity index (χ0v) is 13.9. The van der Waals surface area contributed by atoms with Gasteiger partial charge in [-0.25, -0.2) is 0 Å². The van der Waals surface area contributed by atoms with Gasteiger partial charge >= 0.3 is 0 Å². The van der Waals surface area contributed by atoms with Gasteiger partial charge in [-0.1, -0.05) is 51.8 Å². The molecule has 2 rings (SSSR count). The second-order valence-electron chi connectivity index (χ2n) is 4.74. The SMILES string of the molecule is Cc1ccc([C@H](C)NC(=S)Nc2cccc(Br)c2)cc1. The first-order valence-corrected chi connectivity index (χ1v) is 7.64. The van der Waals surface area contributed by atoms with Crippen molar-refractivity contribution in [2.24, 2.45) is 0 Å². The highest BCUT2D eigenvalue weighted by Crippen LogP contribution is 2.17. The van der Waals surface area contributed by atoms with E-state index in [2.05, 4.69) is 64.7 Å². The molecule has 0 fully saturated rings. The molecule has 0 saturated carbocycles. The fourth-order valence-electron chi connectivity index (χ4n) is 1.87. The Hall–Kier alpha value is -1.39. The van der Waals surface area contributed by atoms with E-state index in [1.165, 1.54) is 11.1 Å². The molecule has 0 aromatic heterocycles. The summed E-state index contributed by atoms with van der Waals surface area (Å²) in [6.45, 7) is 4.18. The van der Waals surface area contributed by atoms with E-state index in [4.69, 9.17) is 12.2 Å². The number of thiocarbonyl (C=S) groups is 1. The average Bonchev–Trinajstić information content (AvgIpc) is 2.39. The third-order valence-corrected chi connectivity index (χ3v) is 3.72. The van der Waals surface area contributed by atoms with Crippen LogP contribution in [0.15, 0.2) is 53.0 Å². The van der Waals surface area contributed by atoms with E-state index in [9.17, 15) is 0 Å². The molecule has 1 atom stereocenters. The molecular weight excluding hydrogens is 332 g/mol. The van der Waals surface area contributed by atoms with E-state index in [1.807, 2.05) is 24.3 Å². The summed E-state index contributed by atoms with van der Waals surface area (Å²) >= 11 is 8.79. The fraction of sp³-hybridized carbons (Fsp3) is 0.188. The van der Waals surface area contributed by atoms with E-state index in [0.717, 1.165) is 10.2 Å². The molecule has 0 heterocycles. The summed E-state index contributed by atoms with van der Waals surface area (Å²) < 4.78 is 1.02. The van der Waals surface area contributed by atoms with Gasteiger partial charge in [-0.3, -0.25) is 0 Å². The minimum absolute atomic E-state index is 0.169. The first-order valence-electron chi connectivity index (χ1n) is 6.44. The van der Waals surface area contributed by atoms with E-state index < -0.39 is 0 Å². The van der Waals surface area contributed by atoms with Gasteiger partial charge in [-0.05, 0) is 49.8 Å². The summed E-state index contributed by atoms with van der Waals surface area (Å²) in [5.41, 5.74) is 3.44. The Morgan fingerprint density at radius 3 is 2.50 bits per heavy atom. The van der Waals surface area contributed by atoms with Crippen LogP contribution in [0.3, 0.4) is 0 Å². The van der Waals surface area contributed by atoms with Crippen molar-refractivity contribution in [3.8, 4) is 0 Å².